The fraction of sp³-hybridized carbons (Fsp3) is 0.261. The zero-order valence-corrected chi connectivity index (χ0v) is 16.7. The molecule has 1 aliphatic carbocycles. The lowest BCUT2D eigenvalue weighted by Gasteiger charge is -2.21. The third-order valence-electron chi connectivity index (χ3n) is 5.31. The normalized spacial score (nSPS) is 18.7. The van der Waals surface area contributed by atoms with E-state index in [2.05, 4.69) is 15.6 Å². The molecule has 0 saturated carbocycles. The quantitative estimate of drug-likeness (QED) is 0.815. The molecule has 2 aromatic carbocycles. The maximum Gasteiger partial charge on any atom is 0.321 e. The van der Waals surface area contributed by atoms with Crippen molar-refractivity contribution in [2.45, 2.75) is 31.8 Å². The van der Waals surface area contributed by atoms with Crippen LogP contribution in [0.4, 0.5) is 14.9 Å². The van der Waals surface area contributed by atoms with Crippen LogP contribution in [0.5, 0.6) is 0 Å². The zero-order valence-electron chi connectivity index (χ0n) is 16.7. The van der Waals surface area contributed by atoms with Gasteiger partial charge in [-0.1, -0.05) is 36.4 Å². The number of aliphatic imine (C=N–C) groups is 1. The number of nitrogens with one attached hydrogen (secondary N) is 2. The van der Waals surface area contributed by atoms with Crippen molar-refractivity contribution in [3.63, 3.8) is 0 Å². The van der Waals surface area contributed by atoms with Crippen LogP contribution < -0.4 is 15.5 Å². The number of nitrogens with zero attached hydrogens (tertiary/aromatic N) is 2. The number of para-hydroxylation sites is 1. The third kappa shape index (κ3) is 3.96. The molecule has 1 unspecified atom stereocenters. The van der Waals surface area contributed by atoms with Gasteiger partial charge in [0.05, 0.1) is 11.4 Å². The molecular formula is C23H23FN4O2. The summed E-state index contributed by atoms with van der Waals surface area (Å²) in [7, 11) is 1.62. The molecule has 0 bridgehead atoms. The van der Waals surface area contributed by atoms with Crippen molar-refractivity contribution in [3.05, 3.63) is 77.2 Å². The van der Waals surface area contributed by atoms with E-state index in [0.29, 0.717) is 17.0 Å². The number of likely N-dealkylation sites (N-methyl/N-ethyl adjacent to an activating group) is 1. The first-order valence-electron chi connectivity index (χ1n) is 10.0. The Hall–Kier alpha value is -3.48. The lowest BCUT2D eigenvalue weighted by atomic mass is 10.00. The van der Waals surface area contributed by atoms with Crippen LogP contribution in [0.2, 0.25) is 0 Å². The number of hydrogen-bond acceptors (Lipinski definition) is 3. The van der Waals surface area contributed by atoms with Crippen molar-refractivity contribution in [1.82, 2.24) is 10.6 Å². The van der Waals surface area contributed by atoms with Gasteiger partial charge >= 0.3 is 6.03 Å². The lowest BCUT2D eigenvalue weighted by molar-refractivity contribution is -0.119. The van der Waals surface area contributed by atoms with E-state index in [1.165, 1.54) is 11.0 Å². The van der Waals surface area contributed by atoms with Gasteiger partial charge < -0.3 is 15.5 Å². The van der Waals surface area contributed by atoms with Crippen molar-refractivity contribution in [2.24, 2.45) is 4.99 Å². The van der Waals surface area contributed by atoms with Crippen LogP contribution in [0, 0.1) is 5.82 Å². The summed E-state index contributed by atoms with van der Waals surface area (Å²) in [5.41, 5.74) is 2.66. The number of urea groups is 1. The minimum atomic E-state index is -1.18. The Balaban J connectivity index is 1.71. The summed E-state index contributed by atoms with van der Waals surface area (Å²) >= 11 is 0. The highest BCUT2D eigenvalue weighted by Gasteiger charge is 2.31. The van der Waals surface area contributed by atoms with E-state index in [9.17, 15) is 14.0 Å². The highest BCUT2D eigenvalue weighted by atomic mass is 19.1. The van der Waals surface area contributed by atoms with Gasteiger partial charge in [-0.05, 0) is 43.9 Å². The molecule has 4 rings (SSSR count). The minimum Gasteiger partial charge on any atom is -0.312 e. The maximum absolute atomic E-state index is 14.6. The van der Waals surface area contributed by atoms with E-state index in [4.69, 9.17) is 0 Å². The Bertz CT molecular complexity index is 1050. The molecule has 3 amide bonds. The monoisotopic (exact) mass is 406 g/mol. The molecule has 0 fully saturated rings. The summed E-state index contributed by atoms with van der Waals surface area (Å²) < 4.78 is 14.6. The van der Waals surface area contributed by atoms with Crippen LogP contribution in [0.1, 0.15) is 36.8 Å². The summed E-state index contributed by atoms with van der Waals surface area (Å²) in [5, 5.41) is 5.45. The molecule has 0 saturated heterocycles. The number of fused-ring (bicyclic) bond motifs is 1. The van der Waals surface area contributed by atoms with E-state index in [0.717, 1.165) is 31.4 Å². The highest BCUT2D eigenvalue weighted by Crippen LogP contribution is 2.28. The Labute approximate surface area is 174 Å². The van der Waals surface area contributed by atoms with Gasteiger partial charge in [0.2, 0.25) is 6.17 Å². The fourth-order valence-electron chi connectivity index (χ4n) is 3.74. The van der Waals surface area contributed by atoms with Crippen LogP contribution in [0.15, 0.2) is 65.3 Å². The van der Waals surface area contributed by atoms with Gasteiger partial charge in [0.25, 0.3) is 5.91 Å². The van der Waals surface area contributed by atoms with Crippen molar-refractivity contribution >= 4 is 23.3 Å². The molecule has 2 aliphatic rings. The Kier molecular flexibility index (Phi) is 5.61. The molecule has 1 heterocycles. The van der Waals surface area contributed by atoms with E-state index < -0.39 is 23.9 Å². The average Bonchev–Trinajstić information content (AvgIpc) is 2.86. The summed E-state index contributed by atoms with van der Waals surface area (Å²) in [6, 6.07) is 13.0. The summed E-state index contributed by atoms with van der Waals surface area (Å²) in [6.45, 7) is 0. The van der Waals surface area contributed by atoms with Crippen LogP contribution in [0.3, 0.4) is 0 Å². The smallest absolute Gasteiger partial charge is 0.312 e. The fourth-order valence-corrected chi connectivity index (χ4v) is 3.74. The lowest BCUT2D eigenvalue weighted by Crippen LogP contribution is -2.49. The van der Waals surface area contributed by atoms with Crippen molar-refractivity contribution in [1.29, 1.82) is 0 Å². The Morgan fingerprint density at radius 3 is 2.57 bits per heavy atom. The molecule has 0 radical (unpaired) electrons. The van der Waals surface area contributed by atoms with E-state index in [1.807, 2.05) is 12.1 Å². The molecule has 2 N–H and O–H groups in total. The number of anilines is 1. The molecule has 0 aromatic heterocycles. The second-order valence-electron chi connectivity index (χ2n) is 7.35. The number of halogens is 1. The first-order chi connectivity index (χ1) is 14.5. The molecule has 6 nitrogen and oxygen atoms in total. The number of allylic oxidation sites excluding steroid dienone is 2. The first kappa shape index (κ1) is 19.8. The Morgan fingerprint density at radius 2 is 1.83 bits per heavy atom. The average molecular weight is 406 g/mol. The molecule has 7 heteroatoms. The van der Waals surface area contributed by atoms with Gasteiger partial charge in [0.1, 0.15) is 5.82 Å². The summed E-state index contributed by atoms with van der Waals surface area (Å²) in [4.78, 5) is 31.6. The minimum absolute atomic E-state index is 0.273. The number of carbonyl (C=O) groups is 2. The third-order valence-corrected chi connectivity index (χ3v) is 5.31. The van der Waals surface area contributed by atoms with Gasteiger partial charge in [0.15, 0.2) is 0 Å². The molecule has 0 spiro atoms. The molecule has 154 valence electrons. The molecule has 1 aliphatic heterocycles. The predicted molar refractivity (Wildman–Crippen MR) is 114 cm³/mol. The standard InChI is InChI=1S/C23H23FN4O2/c1-28-19-14-8-6-12-17(19)20(16-11-5-7-13-18(16)24)26-21(22(28)29)27-23(30)25-15-9-3-2-4-10-15/h5-9,11-14,21H,2-4,10H2,1H3,(H2,25,27,30). The summed E-state index contributed by atoms with van der Waals surface area (Å²) in [5.74, 6) is -0.847. The number of hydrogen-bond donors (Lipinski definition) is 2. The van der Waals surface area contributed by atoms with Crippen LogP contribution in [-0.2, 0) is 4.79 Å². The van der Waals surface area contributed by atoms with Crippen LogP contribution in [0.25, 0.3) is 0 Å². The SMILES string of the molecule is CN1C(=O)C(NC(=O)NC2=CCCCC2)N=C(c2ccccc2F)c2ccccc21. The second kappa shape index (κ2) is 8.49. The van der Waals surface area contributed by atoms with Gasteiger partial charge in [0, 0.05) is 23.9 Å². The van der Waals surface area contributed by atoms with Crippen LogP contribution >= 0.6 is 0 Å². The van der Waals surface area contributed by atoms with E-state index in [1.54, 1.807) is 43.4 Å². The number of benzene rings is 2. The van der Waals surface area contributed by atoms with Crippen LogP contribution in [-0.4, -0.2) is 30.9 Å². The van der Waals surface area contributed by atoms with Crippen molar-refractivity contribution in [2.75, 3.05) is 11.9 Å². The van der Waals surface area contributed by atoms with Gasteiger partial charge in [-0.25, -0.2) is 14.2 Å². The molecular weight excluding hydrogens is 383 g/mol. The summed E-state index contributed by atoms with van der Waals surface area (Å²) in [6.07, 6.45) is 4.65. The topological polar surface area (TPSA) is 73.8 Å². The van der Waals surface area contributed by atoms with Gasteiger partial charge in [-0.15, -0.1) is 0 Å². The highest BCUT2D eigenvalue weighted by molar-refractivity contribution is 6.20. The number of amides is 3. The molecule has 2 aromatic rings. The van der Waals surface area contributed by atoms with Gasteiger partial charge in [-0.2, -0.15) is 0 Å². The van der Waals surface area contributed by atoms with E-state index in [-0.39, 0.29) is 5.56 Å². The number of carbonyl (C=O) groups excluding carboxylic acids is 2. The van der Waals surface area contributed by atoms with Crippen molar-refractivity contribution < 1.29 is 14.0 Å². The van der Waals surface area contributed by atoms with E-state index >= 15 is 0 Å². The predicted octanol–water partition coefficient (Wildman–Crippen LogP) is 3.72. The number of benzodiazepines with no additional fused rings is 1. The number of rotatable bonds is 3. The zero-order chi connectivity index (χ0) is 21.1. The molecule has 1 atom stereocenters. The Morgan fingerprint density at radius 1 is 1.10 bits per heavy atom. The largest absolute Gasteiger partial charge is 0.321 e. The molecule has 30 heavy (non-hydrogen) atoms. The maximum atomic E-state index is 14.6. The van der Waals surface area contributed by atoms with Crippen molar-refractivity contribution in [3.8, 4) is 0 Å². The van der Waals surface area contributed by atoms with Gasteiger partial charge in [-0.3, -0.25) is 4.79 Å². The second-order valence-corrected chi connectivity index (χ2v) is 7.35. The first-order valence-corrected chi connectivity index (χ1v) is 10.0.